The van der Waals surface area contributed by atoms with Crippen molar-refractivity contribution in [1.29, 1.82) is 0 Å². The Balaban J connectivity index is 1.63. The summed E-state index contributed by atoms with van der Waals surface area (Å²) >= 11 is 0. The van der Waals surface area contributed by atoms with Crippen LogP contribution in [0.3, 0.4) is 0 Å². The van der Waals surface area contributed by atoms with Crippen LogP contribution in [0.2, 0.25) is 0 Å². The number of ether oxygens (including phenoxy) is 1. The summed E-state index contributed by atoms with van der Waals surface area (Å²) in [6.07, 6.45) is 5.49. The van der Waals surface area contributed by atoms with Crippen molar-refractivity contribution in [1.82, 2.24) is 5.32 Å². The molecule has 1 aliphatic heterocycles. The molecule has 5 rings (SSSR count). The van der Waals surface area contributed by atoms with Crippen LogP contribution < -0.4 is 10.1 Å². The van der Waals surface area contributed by atoms with E-state index in [1.807, 2.05) is 37.3 Å². The average molecular weight is 418 g/mol. The number of hydrogen-bond acceptors (Lipinski definition) is 4. The molecule has 1 N–H and O–H groups in total. The van der Waals surface area contributed by atoms with E-state index < -0.39 is 22.7 Å². The maximum atomic E-state index is 13.9. The summed E-state index contributed by atoms with van der Waals surface area (Å²) in [7, 11) is 0. The average Bonchev–Trinajstić information content (AvgIpc) is 3.47. The molecule has 1 amide bonds. The quantitative estimate of drug-likeness (QED) is 0.338. The highest BCUT2D eigenvalue weighted by atomic mass is 16.5. The van der Waals surface area contributed by atoms with Crippen molar-refractivity contribution < 1.29 is 19.1 Å². The summed E-state index contributed by atoms with van der Waals surface area (Å²) < 4.78 is 5.69. The van der Waals surface area contributed by atoms with Gasteiger partial charge in [0.25, 0.3) is 0 Å². The molecule has 3 atom stereocenters. The normalized spacial score (nSPS) is 29.3. The van der Waals surface area contributed by atoms with E-state index in [-0.39, 0.29) is 17.7 Å². The van der Waals surface area contributed by atoms with E-state index in [1.165, 1.54) is 6.42 Å². The third-order valence-electron chi connectivity index (χ3n) is 7.60. The van der Waals surface area contributed by atoms with E-state index in [1.54, 1.807) is 24.3 Å². The molecule has 0 aromatic heterocycles. The fourth-order valence-electron chi connectivity index (χ4n) is 6.10. The van der Waals surface area contributed by atoms with E-state index in [0.717, 1.165) is 31.2 Å². The molecule has 1 heterocycles. The lowest BCUT2D eigenvalue weighted by molar-refractivity contribution is -0.150. The van der Waals surface area contributed by atoms with Gasteiger partial charge in [-0.3, -0.25) is 14.4 Å². The Morgan fingerprint density at radius 3 is 2.39 bits per heavy atom. The van der Waals surface area contributed by atoms with E-state index in [0.29, 0.717) is 17.7 Å². The van der Waals surface area contributed by atoms with Gasteiger partial charge in [0.05, 0.1) is 5.41 Å². The van der Waals surface area contributed by atoms with Crippen molar-refractivity contribution in [3.8, 4) is 5.75 Å². The van der Waals surface area contributed by atoms with Crippen LogP contribution >= 0.6 is 0 Å². The van der Waals surface area contributed by atoms with Crippen LogP contribution in [-0.2, 0) is 9.59 Å². The number of rotatable bonds is 5. The molecule has 2 fully saturated rings. The maximum absolute atomic E-state index is 13.9. The van der Waals surface area contributed by atoms with Crippen molar-refractivity contribution in [2.24, 2.45) is 10.8 Å². The van der Waals surface area contributed by atoms with E-state index in [4.69, 9.17) is 4.74 Å². The van der Waals surface area contributed by atoms with E-state index >= 15 is 0 Å². The molecule has 0 bridgehead atoms. The highest BCUT2D eigenvalue weighted by molar-refractivity contribution is 6.21. The molecule has 0 saturated heterocycles. The molecule has 2 saturated carbocycles. The number of nitrogens with one attached hydrogen (secondary N) is 1. The fraction of sp³-hybridized carbons (Fsp3) is 0.423. The Morgan fingerprint density at radius 1 is 1.00 bits per heavy atom. The lowest BCUT2D eigenvalue weighted by atomic mass is 9.82. The Kier molecular flexibility index (Phi) is 4.72. The molecule has 2 aromatic rings. The van der Waals surface area contributed by atoms with Crippen molar-refractivity contribution in [2.75, 3.05) is 0 Å². The van der Waals surface area contributed by atoms with Gasteiger partial charge >= 0.3 is 5.97 Å². The molecule has 5 heteroatoms. The first-order chi connectivity index (χ1) is 15.1. The summed E-state index contributed by atoms with van der Waals surface area (Å²) in [6, 6.07) is 16.3. The van der Waals surface area contributed by atoms with Gasteiger partial charge in [0, 0.05) is 23.1 Å². The van der Waals surface area contributed by atoms with Gasteiger partial charge in [-0.15, -0.1) is 0 Å². The van der Waals surface area contributed by atoms with Crippen LogP contribution in [0.4, 0.5) is 0 Å². The lowest BCUT2D eigenvalue weighted by Gasteiger charge is -2.28. The molecule has 160 valence electrons. The second-order valence-electron chi connectivity index (χ2n) is 9.00. The minimum Gasteiger partial charge on any atom is -0.425 e. The number of esters is 1. The number of ketones is 1. The zero-order chi connectivity index (χ0) is 21.6. The summed E-state index contributed by atoms with van der Waals surface area (Å²) in [4.78, 5) is 41.2. The molecule has 0 unspecified atom stereocenters. The van der Waals surface area contributed by atoms with Gasteiger partial charge < -0.3 is 10.1 Å². The number of Topliss-reactive ketones (excluding diaryl/α,β-unsaturated/α-hetero) is 1. The second-order valence-corrected chi connectivity index (χ2v) is 9.00. The largest absolute Gasteiger partial charge is 0.425 e. The first kappa shape index (κ1) is 20.0. The van der Waals surface area contributed by atoms with E-state index in [2.05, 4.69) is 5.32 Å². The van der Waals surface area contributed by atoms with Crippen LogP contribution in [0.1, 0.15) is 67.3 Å². The minimum atomic E-state index is -1.51. The number of carbonyl (C=O) groups is 3. The number of hydrogen-bond donors (Lipinski definition) is 1. The minimum absolute atomic E-state index is 0.0447. The van der Waals surface area contributed by atoms with E-state index in [9.17, 15) is 14.4 Å². The zero-order valence-corrected chi connectivity index (χ0v) is 17.7. The van der Waals surface area contributed by atoms with Crippen molar-refractivity contribution in [3.05, 3.63) is 65.7 Å². The van der Waals surface area contributed by atoms with Gasteiger partial charge in [0.1, 0.15) is 5.75 Å². The number of benzene rings is 2. The topological polar surface area (TPSA) is 72.5 Å². The number of carbonyl (C=O) groups excluding carboxylic acids is 3. The predicted octanol–water partition coefficient (Wildman–Crippen LogP) is 4.42. The first-order valence-corrected chi connectivity index (χ1v) is 11.3. The standard InChI is InChI=1S/C26H27NO4/c1-2-25(22(28)17-11-5-3-6-12-17)21-19-15-9-10-16-20(19)31-24(30)26(21,25)23(29)27-18-13-7-4-8-14-18/h3,5-6,9-12,15-16,18,21H,2,4,7-8,13-14H2,1H3,(H,27,29)/t21-,25-,26+/m1/s1. The summed E-state index contributed by atoms with van der Waals surface area (Å²) in [5.41, 5.74) is -1.36. The molecule has 3 aliphatic rings. The third-order valence-corrected chi connectivity index (χ3v) is 7.60. The van der Waals surface area contributed by atoms with Gasteiger partial charge in [-0.1, -0.05) is 74.7 Å². The first-order valence-electron chi connectivity index (χ1n) is 11.3. The smallest absolute Gasteiger partial charge is 0.328 e. The summed E-state index contributed by atoms with van der Waals surface area (Å²) in [6.45, 7) is 1.89. The monoisotopic (exact) mass is 417 g/mol. The number of para-hydroxylation sites is 1. The highest BCUT2D eigenvalue weighted by Gasteiger charge is 2.89. The Bertz CT molecular complexity index is 1040. The number of amides is 1. The Labute approximate surface area is 182 Å². The zero-order valence-electron chi connectivity index (χ0n) is 17.7. The van der Waals surface area contributed by atoms with Crippen LogP contribution in [0, 0.1) is 10.8 Å². The summed E-state index contributed by atoms with van der Waals surface area (Å²) in [5, 5.41) is 3.14. The Morgan fingerprint density at radius 2 is 1.68 bits per heavy atom. The van der Waals surface area contributed by atoms with Gasteiger partial charge in [-0.05, 0) is 25.3 Å². The van der Waals surface area contributed by atoms with Crippen molar-refractivity contribution in [2.45, 2.75) is 57.4 Å². The van der Waals surface area contributed by atoms with Gasteiger partial charge in [-0.2, -0.15) is 0 Å². The molecule has 0 spiro atoms. The molecular formula is C26H27NO4. The van der Waals surface area contributed by atoms with Gasteiger partial charge in [0.15, 0.2) is 11.2 Å². The molecule has 0 radical (unpaired) electrons. The number of fused-ring (bicyclic) bond motifs is 3. The van der Waals surface area contributed by atoms with Crippen LogP contribution in [0.5, 0.6) is 5.75 Å². The second kappa shape index (κ2) is 7.33. The fourth-order valence-corrected chi connectivity index (χ4v) is 6.10. The summed E-state index contributed by atoms with van der Waals surface area (Å²) in [5.74, 6) is -1.17. The molecule has 31 heavy (non-hydrogen) atoms. The van der Waals surface area contributed by atoms with Gasteiger partial charge in [-0.25, -0.2) is 0 Å². The highest BCUT2D eigenvalue weighted by Crippen LogP contribution is 2.79. The molecular weight excluding hydrogens is 390 g/mol. The lowest BCUT2D eigenvalue weighted by Crippen LogP contribution is -2.49. The third kappa shape index (κ3) is 2.65. The van der Waals surface area contributed by atoms with Gasteiger partial charge in [0.2, 0.25) is 5.91 Å². The molecule has 2 aromatic carbocycles. The van der Waals surface area contributed by atoms with Crippen LogP contribution in [0.25, 0.3) is 0 Å². The van der Waals surface area contributed by atoms with Crippen LogP contribution in [0.15, 0.2) is 54.6 Å². The SMILES string of the molecule is CC[C@]1(C(=O)c2ccccc2)[C@H]2c3ccccc3OC(=O)[C@@]21C(=O)NC1CCCCC1. The predicted molar refractivity (Wildman–Crippen MR) is 116 cm³/mol. The van der Waals surface area contributed by atoms with Crippen molar-refractivity contribution >= 4 is 17.7 Å². The Hall–Kier alpha value is -2.95. The molecule has 2 aliphatic carbocycles. The maximum Gasteiger partial charge on any atom is 0.328 e. The molecule has 5 nitrogen and oxygen atoms in total. The van der Waals surface area contributed by atoms with Crippen molar-refractivity contribution in [3.63, 3.8) is 0 Å². The van der Waals surface area contributed by atoms with Crippen LogP contribution in [-0.4, -0.2) is 23.7 Å².